The molecule has 0 saturated carbocycles. The third kappa shape index (κ3) is 5.67. The highest BCUT2D eigenvalue weighted by molar-refractivity contribution is 5.95. The van der Waals surface area contributed by atoms with E-state index >= 15 is 0 Å². The molecule has 0 spiro atoms. The van der Waals surface area contributed by atoms with E-state index in [1.807, 2.05) is 43.0 Å². The van der Waals surface area contributed by atoms with Crippen molar-refractivity contribution in [1.29, 1.82) is 0 Å². The maximum Gasteiger partial charge on any atom is 0.338 e. The molecule has 2 aromatic carbocycles. The number of hydrogen-bond acceptors (Lipinski definition) is 5. The second kappa shape index (κ2) is 11.1. The fourth-order valence-corrected chi connectivity index (χ4v) is 4.86. The highest BCUT2D eigenvalue weighted by Gasteiger charge is 2.38. The fraction of sp³-hybridized carbons (Fsp3) is 0.393. The second-order valence-electron chi connectivity index (χ2n) is 9.52. The number of esters is 1. The van der Waals surface area contributed by atoms with E-state index in [4.69, 9.17) is 4.74 Å². The number of ether oxygens (including phenoxy) is 1. The maximum absolute atomic E-state index is 13.6. The highest BCUT2D eigenvalue weighted by atomic mass is 19.1. The van der Waals surface area contributed by atoms with Crippen molar-refractivity contribution < 1.29 is 23.5 Å². The number of urea groups is 1. The number of hydrogen-bond donors (Lipinski definition) is 1. The van der Waals surface area contributed by atoms with Crippen molar-refractivity contribution in [2.24, 2.45) is 0 Å². The van der Waals surface area contributed by atoms with E-state index in [-0.39, 0.29) is 24.6 Å². The molecule has 2 aliphatic rings. The summed E-state index contributed by atoms with van der Waals surface area (Å²) in [7, 11) is 1.62. The van der Waals surface area contributed by atoms with E-state index in [1.54, 1.807) is 26.1 Å². The fourth-order valence-electron chi connectivity index (χ4n) is 4.86. The monoisotopic (exact) mass is 508 g/mol. The Balaban J connectivity index is 1.59. The largest absolute Gasteiger partial charge is 0.463 e. The van der Waals surface area contributed by atoms with Gasteiger partial charge in [-0.3, -0.25) is 14.6 Å². The summed E-state index contributed by atoms with van der Waals surface area (Å²) in [5.41, 5.74) is 3.19. The van der Waals surface area contributed by atoms with Gasteiger partial charge in [0, 0.05) is 50.5 Å². The summed E-state index contributed by atoms with van der Waals surface area (Å²) in [6.45, 7) is 7.89. The Morgan fingerprint density at radius 2 is 1.76 bits per heavy atom. The Hall–Kier alpha value is -3.72. The summed E-state index contributed by atoms with van der Waals surface area (Å²) >= 11 is 0. The predicted octanol–water partition coefficient (Wildman–Crippen LogP) is 3.49. The molecule has 2 heterocycles. The van der Waals surface area contributed by atoms with Crippen molar-refractivity contribution in [3.8, 4) is 0 Å². The molecule has 0 unspecified atom stereocenters. The van der Waals surface area contributed by atoms with Crippen LogP contribution < -0.4 is 5.32 Å². The quantitative estimate of drug-likeness (QED) is 0.604. The van der Waals surface area contributed by atoms with Gasteiger partial charge in [0.25, 0.3) is 5.91 Å². The molecule has 196 valence electrons. The number of carbonyl (C=O) groups excluding carboxylic acids is 3. The first-order valence-corrected chi connectivity index (χ1v) is 12.5. The van der Waals surface area contributed by atoms with E-state index in [0.29, 0.717) is 48.6 Å². The normalized spacial score (nSPS) is 20.6. The van der Waals surface area contributed by atoms with Gasteiger partial charge < -0.3 is 15.0 Å². The van der Waals surface area contributed by atoms with Crippen LogP contribution in [0.5, 0.6) is 0 Å². The van der Waals surface area contributed by atoms with Crippen LogP contribution in [0.4, 0.5) is 9.18 Å². The molecule has 1 saturated heterocycles. The van der Waals surface area contributed by atoms with Crippen LogP contribution in [0.3, 0.4) is 0 Å². The van der Waals surface area contributed by atoms with Crippen LogP contribution in [0.15, 0.2) is 59.8 Å². The molecule has 9 heteroatoms. The van der Waals surface area contributed by atoms with Crippen molar-refractivity contribution in [3.63, 3.8) is 0 Å². The molecular formula is C28H33FN4O4. The molecule has 4 rings (SSSR count). The Morgan fingerprint density at radius 1 is 1.08 bits per heavy atom. The summed E-state index contributed by atoms with van der Waals surface area (Å²) in [5.74, 6) is -0.944. The molecule has 1 fully saturated rings. The van der Waals surface area contributed by atoms with Crippen LogP contribution in [0.25, 0.3) is 0 Å². The number of benzene rings is 2. The molecule has 0 aliphatic carbocycles. The molecule has 37 heavy (non-hydrogen) atoms. The van der Waals surface area contributed by atoms with Crippen molar-refractivity contribution in [3.05, 3.63) is 82.3 Å². The van der Waals surface area contributed by atoms with Gasteiger partial charge in [0.05, 0.1) is 18.2 Å². The summed E-state index contributed by atoms with van der Waals surface area (Å²) < 4.78 is 18.9. The molecule has 0 bridgehead atoms. The van der Waals surface area contributed by atoms with Crippen molar-refractivity contribution in [2.75, 3.05) is 39.8 Å². The lowest BCUT2D eigenvalue weighted by atomic mass is 9.94. The van der Waals surface area contributed by atoms with E-state index in [1.165, 1.54) is 17.0 Å². The first kappa shape index (κ1) is 26.3. The minimum Gasteiger partial charge on any atom is -0.463 e. The van der Waals surface area contributed by atoms with Gasteiger partial charge in [-0.15, -0.1) is 0 Å². The zero-order valence-electron chi connectivity index (χ0n) is 21.7. The molecule has 0 aromatic heterocycles. The van der Waals surface area contributed by atoms with Gasteiger partial charge >= 0.3 is 12.0 Å². The first-order valence-electron chi connectivity index (χ1n) is 12.5. The number of rotatable bonds is 6. The number of piperazine rings is 1. The van der Waals surface area contributed by atoms with Crippen LogP contribution >= 0.6 is 0 Å². The number of aryl methyl sites for hydroxylation is 1. The van der Waals surface area contributed by atoms with Gasteiger partial charge in [-0.25, -0.2) is 14.0 Å². The molecule has 0 radical (unpaired) electrons. The molecular weight excluding hydrogens is 475 g/mol. The van der Waals surface area contributed by atoms with E-state index in [2.05, 4.69) is 10.2 Å². The third-order valence-electron chi connectivity index (χ3n) is 6.92. The van der Waals surface area contributed by atoms with Crippen molar-refractivity contribution >= 4 is 17.9 Å². The zero-order valence-corrected chi connectivity index (χ0v) is 21.7. The molecule has 2 aliphatic heterocycles. The molecule has 3 amide bonds. The van der Waals surface area contributed by atoms with Gasteiger partial charge in [-0.2, -0.15) is 0 Å². The average molecular weight is 509 g/mol. The van der Waals surface area contributed by atoms with E-state index in [0.717, 1.165) is 5.56 Å². The Bertz CT molecular complexity index is 1200. The van der Waals surface area contributed by atoms with Crippen LogP contribution in [-0.2, 0) is 9.53 Å². The maximum atomic E-state index is 13.6. The smallest absolute Gasteiger partial charge is 0.338 e. The van der Waals surface area contributed by atoms with Gasteiger partial charge in [0.2, 0.25) is 0 Å². The lowest BCUT2D eigenvalue weighted by molar-refractivity contribution is -0.139. The Kier molecular flexibility index (Phi) is 7.92. The molecule has 1 N–H and O–H groups in total. The zero-order chi connectivity index (χ0) is 26.7. The molecule has 2 aromatic rings. The van der Waals surface area contributed by atoms with Gasteiger partial charge in [-0.1, -0.05) is 29.8 Å². The van der Waals surface area contributed by atoms with E-state index in [9.17, 15) is 18.8 Å². The number of nitrogens with zero attached hydrogens (tertiary/aromatic N) is 3. The number of likely N-dealkylation sites (N-methyl/N-ethyl adjacent to an activating group) is 1. The Labute approximate surface area is 216 Å². The summed E-state index contributed by atoms with van der Waals surface area (Å²) in [6, 6.07) is 12.1. The van der Waals surface area contributed by atoms with Crippen LogP contribution in [0, 0.1) is 12.7 Å². The molecule has 2 atom stereocenters. The summed E-state index contributed by atoms with van der Waals surface area (Å²) in [6.07, 6.45) is 0. The topological polar surface area (TPSA) is 82.2 Å². The van der Waals surface area contributed by atoms with Crippen LogP contribution in [0.1, 0.15) is 41.4 Å². The predicted molar refractivity (Wildman–Crippen MR) is 137 cm³/mol. The van der Waals surface area contributed by atoms with Crippen LogP contribution in [-0.4, -0.2) is 78.5 Å². The lowest BCUT2D eigenvalue weighted by Crippen LogP contribution is -2.56. The van der Waals surface area contributed by atoms with Gasteiger partial charge in [0.1, 0.15) is 5.82 Å². The average Bonchev–Trinajstić information content (AvgIpc) is 2.87. The number of nitrogens with one attached hydrogen (secondary N) is 1. The number of carbonyl (C=O) groups is 3. The lowest BCUT2D eigenvalue weighted by Gasteiger charge is -2.42. The third-order valence-corrected chi connectivity index (χ3v) is 6.92. The van der Waals surface area contributed by atoms with Crippen LogP contribution in [0.2, 0.25) is 0 Å². The second-order valence-corrected chi connectivity index (χ2v) is 9.52. The SMILES string of the molecule is CCOC(=O)C1=C(CN2CCN(C(=O)c3ccc(C)cc3)[C@@H](C)C2)N(C)C(=O)N[C@H]1c1ccc(F)cc1. The number of amides is 3. The summed E-state index contributed by atoms with van der Waals surface area (Å²) in [5, 5.41) is 2.85. The minimum absolute atomic E-state index is 0.0101. The van der Waals surface area contributed by atoms with Gasteiger partial charge in [-0.05, 0) is 50.6 Å². The van der Waals surface area contributed by atoms with Crippen molar-refractivity contribution in [2.45, 2.75) is 32.9 Å². The van der Waals surface area contributed by atoms with E-state index < -0.39 is 17.8 Å². The van der Waals surface area contributed by atoms with Crippen molar-refractivity contribution in [1.82, 2.24) is 20.0 Å². The van der Waals surface area contributed by atoms with Gasteiger partial charge in [0.15, 0.2) is 0 Å². The first-order chi connectivity index (χ1) is 17.7. The summed E-state index contributed by atoms with van der Waals surface area (Å²) in [4.78, 5) is 44.6. The molecule has 8 nitrogen and oxygen atoms in total. The Morgan fingerprint density at radius 3 is 2.38 bits per heavy atom. The standard InChI is InChI=1S/C28H33FN4O4/c1-5-37-27(35)24-23(31(4)28(36)30-25(24)20-10-12-22(29)13-11-20)17-32-14-15-33(19(3)16-32)26(34)21-8-6-18(2)7-9-21/h6-13,19,25H,5,14-17H2,1-4H3,(H,30,36)/t19-,25-/m0/s1. The minimum atomic E-state index is -0.764. The highest BCUT2D eigenvalue weighted by Crippen LogP contribution is 2.32. The number of halogens is 1.